The summed E-state index contributed by atoms with van der Waals surface area (Å²) in [5.74, 6) is 1.59. The van der Waals surface area contributed by atoms with Gasteiger partial charge in [-0.3, -0.25) is 0 Å². The van der Waals surface area contributed by atoms with Crippen LogP contribution in [0.3, 0.4) is 0 Å². The van der Waals surface area contributed by atoms with E-state index in [1.54, 1.807) is 0 Å². The molecule has 0 N–H and O–H groups in total. The van der Waals surface area contributed by atoms with Gasteiger partial charge in [0, 0.05) is 0 Å². The summed E-state index contributed by atoms with van der Waals surface area (Å²) in [5.41, 5.74) is 1.56. The third-order valence-corrected chi connectivity index (χ3v) is 4.34. The van der Waals surface area contributed by atoms with Crippen LogP contribution in [0.15, 0.2) is 0 Å². The van der Waals surface area contributed by atoms with E-state index in [1.165, 1.54) is 6.42 Å². The Balaban J connectivity index is 3.66. The molecule has 0 heterocycles. The van der Waals surface area contributed by atoms with Gasteiger partial charge >= 0.3 is 0 Å². The molecule has 4 atom stereocenters. The van der Waals surface area contributed by atoms with Crippen molar-refractivity contribution in [2.24, 2.45) is 11.8 Å². The topological polar surface area (TPSA) is 0 Å². The average molecular weight is 192 g/mol. The van der Waals surface area contributed by atoms with E-state index in [9.17, 15) is 0 Å². The molecule has 0 bridgehead atoms. The second-order valence-electron chi connectivity index (χ2n) is 4.05. The Morgan fingerprint density at radius 2 is 1.09 bits per heavy atom. The minimum absolute atomic E-state index is 0.778. The molecular weight excluding hydrogens is 170 g/mol. The number of hydrogen-bond donors (Lipinski definition) is 0. The molecule has 0 aliphatic carbocycles. The largest absolute Gasteiger partial charge is 0.134 e. The first-order valence-corrected chi connectivity index (χ1v) is 5.79. The molecule has 0 aliphatic rings. The van der Waals surface area contributed by atoms with Gasteiger partial charge in [-0.05, 0) is 29.6 Å². The van der Waals surface area contributed by atoms with E-state index in [1.807, 2.05) is 0 Å². The maximum Gasteiger partial charge on any atom is -0.0235 e. The SMILES string of the molecule is CC(C)C(P)CC(P)C(C)C. The van der Waals surface area contributed by atoms with Crippen LogP contribution in [0.2, 0.25) is 0 Å². The van der Waals surface area contributed by atoms with Crippen LogP contribution in [0.1, 0.15) is 34.1 Å². The molecule has 0 fully saturated rings. The summed E-state index contributed by atoms with van der Waals surface area (Å²) in [7, 11) is 5.90. The number of rotatable bonds is 4. The van der Waals surface area contributed by atoms with Gasteiger partial charge in [0.15, 0.2) is 0 Å². The lowest BCUT2D eigenvalue weighted by molar-refractivity contribution is 0.503. The zero-order valence-corrected chi connectivity index (χ0v) is 10.5. The summed E-state index contributed by atoms with van der Waals surface area (Å²) in [6.45, 7) is 9.15. The van der Waals surface area contributed by atoms with Crippen LogP contribution in [0.4, 0.5) is 0 Å². The predicted octanol–water partition coefficient (Wildman–Crippen LogP) is 3.18. The van der Waals surface area contributed by atoms with Crippen molar-refractivity contribution in [1.29, 1.82) is 0 Å². The van der Waals surface area contributed by atoms with Crippen LogP contribution < -0.4 is 0 Å². The molecule has 0 aromatic carbocycles. The van der Waals surface area contributed by atoms with Crippen molar-refractivity contribution < 1.29 is 0 Å². The van der Waals surface area contributed by atoms with E-state index in [-0.39, 0.29) is 0 Å². The zero-order valence-electron chi connectivity index (χ0n) is 8.17. The highest BCUT2D eigenvalue weighted by Gasteiger charge is 2.14. The van der Waals surface area contributed by atoms with Crippen LogP contribution >= 0.6 is 18.5 Å². The van der Waals surface area contributed by atoms with Crippen LogP contribution in [0.25, 0.3) is 0 Å². The Morgan fingerprint density at radius 1 is 0.818 bits per heavy atom. The predicted molar refractivity (Wildman–Crippen MR) is 61.3 cm³/mol. The molecule has 11 heavy (non-hydrogen) atoms. The Hall–Kier alpha value is 0.860. The van der Waals surface area contributed by atoms with Gasteiger partial charge in [0.25, 0.3) is 0 Å². The van der Waals surface area contributed by atoms with Crippen molar-refractivity contribution in [3.63, 3.8) is 0 Å². The quantitative estimate of drug-likeness (QED) is 0.600. The lowest BCUT2D eigenvalue weighted by Crippen LogP contribution is -2.17. The first-order chi connectivity index (χ1) is 4.95. The molecule has 0 saturated carbocycles. The fourth-order valence-electron chi connectivity index (χ4n) is 0.859. The average Bonchev–Trinajstić information content (AvgIpc) is 1.87. The fraction of sp³-hybridized carbons (Fsp3) is 1.00. The molecule has 0 spiro atoms. The Bertz CT molecular complexity index is 87.7. The van der Waals surface area contributed by atoms with E-state index >= 15 is 0 Å². The molecule has 2 heteroatoms. The lowest BCUT2D eigenvalue weighted by atomic mass is 10.00. The zero-order chi connectivity index (χ0) is 9.02. The summed E-state index contributed by atoms with van der Waals surface area (Å²) in [6, 6.07) is 0. The van der Waals surface area contributed by atoms with Gasteiger partial charge in [-0.15, -0.1) is 18.5 Å². The summed E-state index contributed by atoms with van der Waals surface area (Å²) in [6.07, 6.45) is 1.31. The molecule has 4 unspecified atom stereocenters. The third kappa shape index (κ3) is 5.15. The molecule has 0 aromatic heterocycles. The second-order valence-corrected chi connectivity index (χ2v) is 5.76. The highest BCUT2D eigenvalue weighted by molar-refractivity contribution is 7.19. The fourth-order valence-corrected chi connectivity index (χ4v) is 1.80. The monoisotopic (exact) mass is 192 g/mol. The van der Waals surface area contributed by atoms with E-state index < -0.39 is 0 Å². The van der Waals surface area contributed by atoms with Crippen molar-refractivity contribution in [2.75, 3.05) is 0 Å². The molecule has 68 valence electrons. The highest BCUT2D eigenvalue weighted by atomic mass is 31.0. The maximum absolute atomic E-state index is 2.95. The number of hydrogen-bond acceptors (Lipinski definition) is 0. The van der Waals surface area contributed by atoms with Gasteiger partial charge < -0.3 is 0 Å². The first-order valence-electron chi connectivity index (χ1n) is 4.46. The molecule has 0 aliphatic heterocycles. The van der Waals surface area contributed by atoms with Crippen LogP contribution in [-0.4, -0.2) is 11.3 Å². The van der Waals surface area contributed by atoms with Gasteiger partial charge in [0.2, 0.25) is 0 Å². The van der Waals surface area contributed by atoms with E-state index in [4.69, 9.17) is 0 Å². The van der Waals surface area contributed by atoms with Crippen molar-refractivity contribution in [2.45, 2.75) is 45.4 Å². The minimum atomic E-state index is 0.778. The molecular formula is C9H22P2. The van der Waals surface area contributed by atoms with E-state index in [2.05, 4.69) is 46.2 Å². The Kier molecular flexibility index (Phi) is 5.93. The molecule has 0 rings (SSSR count). The van der Waals surface area contributed by atoms with Crippen LogP contribution in [0, 0.1) is 11.8 Å². The maximum atomic E-state index is 2.95. The molecule has 0 aromatic rings. The summed E-state index contributed by atoms with van der Waals surface area (Å²) in [5, 5.41) is 0. The van der Waals surface area contributed by atoms with Gasteiger partial charge in [-0.25, -0.2) is 0 Å². The Morgan fingerprint density at radius 3 is 1.27 bits per heavy atom. The van der Waals surface area contributed by atoms with Crippen molar-refractivity contribution in [3.8, 4) is 0 Å². The third-order valence-electron chi connectivity index (χ3n) is 2.26. The normalized spacial score (nSPS) is 17.5. The van der Waals surface area contributed by atoms with E-state index in [0.717, 1.165) is 23.2 Å². The second kappa shape index (κ2) is 5.50. The molecule has 0 saturated heterocycles. The first kappa shape index (κ1) is 11.9. The standard InChI is InChI=1S/C9H22P2/c1-6(2)8(10)5-9(11)7(3)4/h6-9H,5,10-11H2,1-4H3. The van der Waals surface area contributed by atoms with Gasteiger partial charge in [-0.2, -0.15) is 0 Å². The highest BCUT2D eigenvalue weighted by Crippen LogP contribution is 2.25. The molecule has 0 amide bonds. The van der Waals surface area contributed by atoms with Crippen LogP contribution in [0.5, 0.6) is 0 Å². The lowest BCUT2D eigenvalue weighted by Gasteiger charge is -2.22. The Labute approximate surface area is 76.3 Å². The van der Waals surface area contributed by atoms with Gasteiger partial charge in [0.1, 0.15) is 0 Å². The van der Waals surface area contributed by atoms with Crippen molar-refractivity contribution >= 4 is 18.5 Å². The van der Waals surface area contributed by atoms with Crippen LogP contribution in [-0.2, 0) is 0 Å². The smallest absolute Gasteiger partial charge is 0.0235 e. The van der Waals surface area contributed by atoms with Crippen molar-refractivity contribution in [1.82, 2.24) is 0 Å². The summed E-state index contributed by atoms with van der Waals surface area (Å²) < 4.78 is 0. The van der Waals surface area contributed by atoms with Crippen molar-refractivity contribution in [3.05, 3.63) is 0 Å². The van der Waals surface area contributed by atoms with E-state index in [0.29, 0.717) is 0 Å². The van der Waals surface area contributed by atoms with Gasteiger partial charge in [0.05, 0.1) is 0 Å². The van der Waals surface area contributed by atoms with Gasteiger partial charge in [-0.1, -0.05) is 27.7 Å². The summed E-state index contributed by atoms with van der Waals surface area (Å²) >= 11 is 0. The molecule has 0 radical (unpaired) electrons. The molecule has 0 nitrogen and oxygen atoms in total. The minimum Gasteiger partial charge on any atom is -0.134 e. The summed E-state index contributed by atoms with van der Waals surface area (Å²) in [4.78, 5) is 0.